The van der Waals surface area contributed by atoms with E-state index in [-0.39, 0.29) is 5.91 Å². The van der Waals surface area contributed by atoms with Gasteiger partial charge < -0.3 is 14.4 Å². The third-order valence-electron chi connectivity index (χ3n) is 5.88. The van der Waals surface area contributed by atoms with Crippen molar-refractivity contribution in [3.8, 4) is 17.0 Å². The minimum Gasteiger partial charge on any atom is -0.497 e. The van der Waals surface area contributed by atoms with Gasteiger partial charge in [-0.1, -0.05) is 0 Å². The van der Waals surface area contributed by atoms with E-state index < -0.39 is 6.09 Å². The van der Waals surface area contributed by atoms with Crippen molar-refractivity contribution in [3.63, 3.8) is 0 Å². The Hall–Kier alpha value is -4.40. The molecule has 34 heavy (non-hydrogen) atoms. The molecule has 3 aromatic heterocycles. The maximum atomic E-state index is 13.5. The molecule has 0 fully saturated rings. The van der Waals surface area contributed by atoms with E-state index in [1.54, 1.807) is 37.8 Å². The molecule has 0 atom stereocenters. The van der Waals surface area contributed by atoms with Gasteiger partial charge in [0.1, 0.15) is 17.2 Å². The summed E-state index contributed by atoms with van der Waals surface area (Å²) >= 11 is 0. The molecule has 2 amide bonds. The average molecular weight is 457 g/mol. The zero-order valence-corrected chi connectivity index (χ0v) is 18.8. The van der Waals surface area contributed by atoms with Gasteiger partial charge in [-0.3, -0.25) is 14.5 Å². The van der Waals surface area contributed by atoms with E-state index in [2.05, 4.69) is 20.0 Å². The number of carbonyl (C=O) groups is 2. The minimum atomic E-state index is -0.587. The summed E-state index contributed by atoms with van der Waals surface area (Å²) in [4.78, 5) is 35.4. The van der Waals surface area contributed by atoms with E-state index in [1.165, 1.54) is 7.11 Å². The van der Waals surface area contributed by atoms with Crippen LogP contribution >= 0.6 is 0 Å². The number of methoxy groups -OCH3 is 2. The summed E-state index contributed by atoms with van der Waals surface area (Å²) < 4.78 is 11.8. The van der Waals surface area contributed by atoms with Gasteiger partial charge in [0.2, 0.25) is 0 Å². The van der Waals surface area contributed by atoms with Crippen molar-refractivity contribution >= 4 is 29.2 Å². The number of nitrogens with one attached hydrogen (secondary N) is 1. The summed E-state index contributed by atoms with van der Waals surface area (Å²) in [6.07, 6.45) is 6.39. The molecule has 0 spiro atoms. The lowest BCUT2D eigenvalue weighted by Gasteiger charge is -2.30. The number of fused-ring (bicyclic) bond motifs is 2. The van der Waals surface area contributed by atoms with Crippen molar-refractivity contribution < 1.29 is 19.1 Å². The van der Waals surface area contributed by atoms with Crippen LogP contribution in [0, 0.1) is 0 Å². The van der Waals surface area contributed by atoms with Crippen molar-refractivity contribution in [2.24, 2.45) is 0 Å². The number of imidazole rings is 1. The first-order chi connectivity index (χ1) is 16.6. The smallest absolute Gasteiger partial charge is 0.412 e. The Labute approximate surface area is 196 Å². The molecular weight excluding hydrogens is 434 g/mol. The molecule has 5 rings (SSSR count). The largest absolute Gasteiger partial charge is 0.497 e. The van der Waals surface area contributed by atoms with Crippen molar-refractivity contribution in [1.29, 1.82) is 0 Å². The molecule has 1 aliphatic heterocycles. The fourth-order valence-electron chi connectivity index (χ4n) is 4.16. The van der Waals surface area contributed by atoms with Crippen LogP contribution in [-0.2, 0) is 11.2 Å². The fraction of sp³-hybridized carbons (Fsp3) is 0.200. The number of aromatic nitrogens is 3. The van der Waals surface area contributed by atoms with Gasteiger partial charge in [-0.05, 0) is 60.9 Å². The number of aryl methyl sites for hydroxylation is 1. The van der Waals surface area contributed by atoms with E-state index in [9.17, 15) is 9.59 Å². The molecule has 0 aliphatic carbocycles. The Morgan fingerprint density at radius 2 is 1.91 bits per heavy atom. The maximum Gasteiger partial charge on any atom is 0.412 e. The maximum absolute atomic E-state index is 13.5. The molecule has 4 heterocycles. The second-order valence-electron chi connectivity index (χ2n) is 7.89. The first-order valence-electron chi connectivity index (χ1n) is 10.8. The predicted molar refractivity (Wildman–Crippen MR) is 127 cm³/mol. The third kappa shape index (κ3) is 3.92. The first kappa shape index (κ1) is 21.4. The Kier molecular flexibility index (Phi) is 5.59. The Morgan fingerprint density at radius 3 is 2.68 bits per heavy atom. The van der Waals surface area contributed by atoms with Gasteiger partial charge in [0.15, 0.2) is 0 Å². The van der Waals surface area contributed by atoms with Crippen molar-refractivity contribution in [1.82, 2.24) is 14.4 Å². The van der Waals surface area contributed by atoms with Crippen LogP contribution in [0.3, 0.4) is 0 Å². The van der Waals surface area contributed by atoms with Gasteiger partial charge in [-0.2, -0.15) is 0 Å². The lowest BCUT2D eigenvalue weighted by Crippen LogP contribution is -2.35. The molecule has 1 aromatic carbocycles. The molecule has 0 radical (unpaired) electrons. The van der Waals surface area contributed by atoms with Crippen molar-refractivity contribution in [2.45, 2.75) is 12.8 Å². The summed E-state index contributed by atoms with van der Waals surface area (Å²) in [6.45, 7) is 0.658. The van der Waals surface area contributed by atoms with Crippen LogP contribution in [0.25, 0.3) is 16.9 Å². The fourth-order valence-corrected chi connectivity index (χ4v) is 4.16. The summed E-state index contributed by atoms with van der Waals surface area (Å²) in [7, 11) is 2.93. The summed E-state index contributed by atoms with van der Waals surface area (Å²) in [6, 6.07) is 13.0. The van der Waals surface area contributed by atoms with Crippen LogP contribution in [0.1, 0.15) is 22.3 Å². The van der Waals surface area contributed by atoms with Gasteiger partial charge in [-0.25, -0.2) is 14.8 Å². The van der Waals surface area contributed by atoms with Crippen LogP contribution in [-0.4, -0.2) is 47.1 Å². The Balaban J connectivity index is 1.46. The topological polar surface area (TPSA) is 98.1 Å². The first-order valence-corrected chi connectivity index (χ1v) is 10.8. The predicted octanol–water partition coefficient (Wildman–Crippen LogP) is 4.18. The number of pyridine rings is 2. The number of anilines is 2. The van der Waals surface area contributed by atoms with E-state index in [0.717, 1.165) is 41.1 Å². The number of nitrogens with zero attached hydrogens (tertiary/aromatic N) is 4. The van der Waals surface area contributed by atoms with Gasteiger partial charge >= 0.3 is 6.09 Å². The van der Waals surface area contributed by atoms with Gasteiger partial charge in [0, 0.05) is 30.2 Å². The third-order valence-corrected chi connectivity index (χ3v) is 5.88. The zero-order valence-electron chi connectivity index (χ0n) is 18.8. The molecule has 0 bridgehead atoms. The molecular formula is C25H23N5O4. The molecule has 0 saturated carbocycles. The number of benzene rings is 1. The lowest BCUT2D eigenvalue weighted by atomic mass is 10.0. The van der Waals surface area contributed by atoms with Gasteiger partial charge in [0.05, 0.1) is 31.7 Å². The van der Waals surface area contributed by atoms with Crippen LogP contribution < -0.4 is 15.0 Å². The van der Waals surface area contributed by atoms with E-state index in [4.69, 9.17) is 4.74 Å². The number of amides is 2. The van der Waals surface area contributed by atoms with Gasteiger partial charge in [-0.15, -0.1) is 0 Å². The number of hydrogen-bond donors (Lipinski definition) is 1. The SMILES string of the molecule is COC(=O)Nc1ccc(-c2cnc3ccc(C(=O)N4CCCc5cc(OC)ccc54)cn23)cn1. The quantitative estimate of drug-likeness (QED) is 0.494. The van der Waals surface area contributed by atoms with Crippen LogP contribution in [0.4, 0.5) is 16.3 Å². The van der Waals surface area contributed by atoms with Crippen LogP contribution in [0.5, 0.6) is 5.75 Å². The Morgan fingerprint density at radius 1 is 1.03 bits per heavy atom. The highest BCUT2D eigenvalue weighted by molar-refractivity contribution is 6.06. The summed E-state index contributed by atoms with van der Waals surface area (Å²) in [5.74, 6) is 1.10. The highest BCUT2D eigenvalue weighted by Crippen LogP contribution is 2.32. The summed E-state index contributed by atoms with van der Waals surface area (Å²) in [5.41, 5.74) is 4.88. The normalized spacial score (nSPS) is 12.8. The monoisotopic (exact) mass is 457 g/mol. The van der Waals surface area contributed by atoms with Crippen molar-refractivity contribution in [3.05, 3.63) is 72.2 Å². The highest BCUT2D eigenvalue weighted by Gasteiger charge is 2.24. The lowest BCUT2D eigenvalue weighted by molar-refractivity contribution is 0.0984. The second kappa shape index (κ2) is 8.86. The second-order valence-corrected chi connectivity index (χ2v) is 7.89. The number of ether oxygens (including phenoxy) is 2. The molecule has 0 unspecified atom stereocenters. The minimum absolute atomic E-state index is 0.0663. The zero-order chi connectivity index (χ0) is 23.7. The molecule has 1 N–H and O–H groups in total. The van der Waals surface area contributed by atoms with E-state index in [1.807, 2.05) is 39.6 Å². The van der Waals surface area contributed by atoms with E-state index >= 15 is 0 Å². The average Bonchev–Trinajstić information content (AvgIpc) is 3.31. The molecule has 9 nitrogen and oxygen atoms in total. The van der Waals surface area contributed by atoms with Crippen LogP contribution in [0.2, 0.25) is 0 Å². The van der Waals surface area contributed by atoms with Crippen LogP contribution in [0.15, 0.2) is 61.1 Å². The van der Waals surface area contributed by atoms with Gasteiger partial charge in [0.25, 0.3) is 5.91 Å². The summed E-state index contributed by atoms with van der Waals surface area (Å²) in [5, 5.41) is 2.52. The number of hydrogen-bond acceptors (Lipinski definition) is 6. The molecule has 9 heteroatoms. The van der Waals surface area contributed by atoms with Crippen molar-refractivity contribution in [2.75, 3.05) is 31.0 Å². The molecule has 4 aromatic rings. The standard InChI is InChI=1S/C25H23N5O4/c1-33-19-7-8-20-16(12-19)4-3-11-29(20)24(31)18-6-10-23-27-14-21(30(23)15-18)17-5-9-22(26-13-17)28-25(32)34-2/h5-10,12-15H,3-4,11H2,1-2H3,(H,26,28,32). The number of carbonyl (C=O) groups excluding carboxylic acids is 2. The molecule has 0 saturated heterocycles. The number of rotatable bonds is 4. The molecule has 1 aliphatic rings. The molecule has 172 valence electrons. The Bertz CT molecular complexity index is 1380. The highest BCUT2D eigenvalue weighted by atomic mass is 16.5. The van der Waals surface area contributed by atoms with E-state index in [0.29, 0.717) is 23.6 Å².